The third-order valence-electron chi connectivity index (χ3n) is 2.47. The second-order valence-corrected chi connectivity index (χ2v) is 3.88. The van der Waals surface area contributed by atoms with Gasteiger partial charge in [-0.2, -0.15) is 0 Å². The van der Waals surface area contributed by atoms with Gasteiger partial charge in [-0.25, -0.2) is 9.18 Å². The number of H-pyrrole nitrogens is 1. The first-order valence-corrected chi connectivity index (χ1v) is 5.51. The zero-order valence-corrected chi connectivity index (χ0v) is 10.0. The number of aromatic nitrogens is 1. The van der Waals surface area contributed by atoms with Gasteiger partial charge in [-0.15, -0.1) is 0 Å². The molecular weight excluding hydrogens is 267 g/mol. The lowest BCUT2D eigenvalue weighted by molar-refractivity contribution is 0.0698. The van der Waals surface area contributed by atoms with Crippen LogP contribution in [0.1, 0.15) is 20.8 Å². The summed E-state index contributed by atoms with van der Waals surface area (Å²) in [5, 5.41) is 11.2. The largest absolute Gasteiger partial charge is 0.478 e. The van der Waals surface area contributed by atoms with Crippen LogP contribution in [0.25, 0.3) is 0 Å². The Morgan fingerprint density at radius 3 is 2.60 bits per heavy atom. The summed E-state index contributed by atoms with van der Waals surface area (Å²) < 4.78 is 13.1. The van der Waals surface area contributed by atoms with Crippen LogP contribution in [-0.2, 0) is 0 Å². The number of aromatic amines is 1. The van der Waals surface area contributed by atoms with Crippen LogP contribution in [0.3, 0.4) is 0 Å². The molecule has 0 aliphatic carbocycles. The molecule has 1 heterocycles. The van der Waals surface area contributed by atoms with Gasteiger partial charge in [0.1, 0.15) is 11.5 Å². The number of pyridine rings is 1. The molecule has 102 valence electrons. The van der Waals surface area contributed by atoms with Crippen molar-refractivity contribution >= 4 is 17.6 Å². The summed E-state index contributed by atoms with van der Waals surface area (Å²) in [4.78, 5) is 36.2. The number of carboxylic acid groups (broad SMARTS) is 1. The Bertz CT molecular complexity index is 739. The molecule has 7 heteroatoms. The molecule has 2 rings (SSSR count). The third kappa shape index (κ3) is 2.89. The molecule has 3 N–H and O–H groups in total. The lowest BCUT2D eigenvalue weighted by atomic mass is 10.1. The number of hydrogen-bond donors (Lipinski definition) is 3. The molecule has 1 aromatic heterocycles. The molecule has 0 aliphatic heterocycles. The predicted octanol–water partition coefficient (Wildman–Crippen LogP) is 1.46. The van der Waals surface area contributed by atoms with E-state index in [4.69, 9.17) is 5.11 Å². The van der Waals surface area contributed by atoms with E-state index in [-0.39, 0.29) is 16.9 Å². The van der Waals surface area contributed by atoms with Crippen LogP contribution in [-0.4, -0.2) is 22.0 Å². The molecule has 6 nitrogen and oxygen atoms in total. The molecular formula is C13H9FN2O4. The van der Waals surface area contributed by atoms with Gasteiger partial charge in [-0.1, -0.05) is 6.07 Å². The van der Waals surface area contributed by atoms with E-state index in [1.54, 1.807) is 0 Å². The minimum Gasteiger partial charge on any atom is -0.478 e. The standard InChI is InChI=1S/C13H9FN2O4/c14-7-4-5-8(13(19)20)10(6-7)16-12(18)9-2-1-3-11(17)15-9/h1-6H,(H,15,17)(H,16,18)(H,19,20). The quantitative estimate of drug-likeness (QED) is 0.790. The fourth-order valence-electron chi connectivity index (χ4n) is 1.58. The van der Waals surface area contributed by atoms with Crippen LogP contribution < -0.4 is 10.9 Å². The van der Waals surface area contributed by atoms with Gasteiger partial charge >= 0.3 is 5.97 Å². The van der Waals surface area contributed by atoms with Crippen molar-refractivity contribution in [1.29, 1.82) is 0 Å². The van der Waals surface area contributed by atoms with Crippen molar-refractivity contribution in [3.63, 3.8) is 0 Å². The van der Waals surface area contributed by atoms with E-state index < -0.39 is 23.3 Å². The number of rotatable bonds is 3. The zero-order valence-electron chi connectivity index (χ0n) is 10.0. The van der Waals surface area contributed by atoms with Gasteiger partial charge in [0.15, 0.2) is 0 Å². The number of halogens is 1. The summed E-state index contributed by atoms with van der Waals surface area (Å²) >= 11 is 0. The highest BCUT2D eigenvalue weighted by Crippen LogP contribution is 2.17. The maximum absolute atomic E-state index is 13.1. The van der Waals surface area contributed by atoms with Crippen LogP contribution in [0.4, 0.5) is 10.1 Å². The van der Waals surface area contributed by atoms with E-state index in [0.717, 1.165) is 18.2 Å². The highest BCUT2D eigenvalue weighted by Gasteiger charge is 2.14. The second kappa shape index (κ2) is 5.35. The highest BCUT2D eigenvalue weighted by atomic mass is 19.1. The molecule has 0 aliphatic rings. The van der Waals surface area contributed by atoms with Crippen LogP contribution in [0.5, 0.6) is 0 Å². The third-order valence-corrected chi connectivity index (χ3v) is 2.47. The van der Waals surface area contributed by atoms with Crippen molar-refractivity contribution in [2.24, 2.45) is 0 Å². The molecule has 0 spiro atoms. The monoisotopic (exact) mass is 276 g/mol. The average molecular weight is 276 g/mol. The summed E-state index contributed by atoms with van der Waals surface area (Å²) in [6.07, 6.45) is 0. The van der Waals surface area contributed by atoms with Crippen LogP contribution >= 0.6 is 0 Å². The summed E-state index contributed by atoms with van der Waals surface area (Å²) in [6.45, 7) is 0. The van der Waals surface area contributed by atoms with E-state index in [2.05, 4.69) is 10.3 Å². The SMILES string of the molecule is O=C(Nc1cc(F)ccc1C(=O)O)c1cccc(=O)[nH]1. The lowest BCUT2D eigenvalue weighted by Crippen LogP contribution is -2.19. The maximum atomic E-state index is 13.1. The van der Waals surface area contributed by atoms with Gasteiger partial charge in [0, 0.05) is 6.07 Å². The Morgan fingerprint density at radius 1 is 1.20 bits per heavy atom. The van der Waals surface area contributed by atoms with Crippen LogP contribution in [0.2, 0.25) is 0 Å². The lowest BCUT2D eigenvalue weighted by Gasteiger charge is -2.08. The van der Waals surface area contributed by atoms with Gasteiger partial charge in [-0.3, -0.25) is 9.59 Å². The smallest absolute Gasteiger partial charge is 0.337 e. The van der Waals surface area contributed by atoms with Crippen LogP contribution in [0.15, 0.2) is 41.2 Å². The fraction of sp³-hybridized carbons (Fsp3) is 0. The first kappa shape index (κ1) is 13.5. The molecule has 0 fully saturated rings. The Hall–Kier alpha value is -2.96. The summed E-state index contributed by atoms with van der Waals surface area (Å²) in [7, 11) is 0. The fourth-order valence-corrected chi connectivity index (χ4v) is 1.58. The number of nitrogens with one attached hydrogen (secondary N) is 2. The number of carbonyl (C=O) groups is 2. The molecule has 20 heavy (non-hydrogen) atoms. The Kier molecular flexibility index (Phi) is 3.60. The van der Waals surface area contributed by atoms with Gasteiger partial charge in [0.05, 0.1) is 11.3 Å². The van der Waals surface area contributed by atoms with E-state index in [9.17, 15) is 18.8 Å². The Labute approximate surface area is 111 Å². The van der Waals surface area contributed by atoms with E-state index in [0.29, 0.717) is 0 Å². The zero-order chi connectivity index (χ0) is 14.7. The van der Waals surface area contributed by atoms with Crippen molar-refractivity contribution in [3.8, 4) is 0 Å². The number of anilines is 1. The van der Waals surface area contributed by atoms with Gasteiger partial charge < -0.3 is 15.4 Å². The van der Waals surface area contributed by atoms with Gasteiger partial charge in [0.2, 0.25) is 5.56 Å². The molecule has 0 atom stereocenters. The molecule has 0 bridgehead atoms. The van der Waals surface area contributed by atoms with Gasteiger partial charge in [0.25, 0.3) is 5.91 Å². The van der Waals surface area contributed by atoms with Gasteiger partial charge in [-0.05, 0) is 24.3 Å². The number of benzene rings is 1. The Balaban J connectivity index is 2.34. The summed E-state index contributed by atoms with van der Waals surface area (Å²) in [5.74, 6) is -2.73. The topological polar surface area (TPSA) is 99.3 Å². The molecule has 0 saturated heterocycles. The van der Waals surface area contributed by atoms with Crippen molar-refractivity contribution in [3.05, 3.63) is 63.8 Å². The van der Waals surface area contributed by atoms with E-state index in [1.165, 1.54) is 18.2 Å². The molecule has 0 saturated carbocycles. The van der Waals surface area contributed by atoms with Crippen molar-refractivity contribution < 1.29 is 19.1 Å². The molecule has 0 radical (unpaired) electrons. The molecule has 1 aromatic carbocycles. The number of carbonyl (C=O) groups excluding carboxylic acids is 1. The first-order valence-electron chi connectivity index (χ1n) is 5.51. The van der Waals surface area contributed by atoms with E-state index >= 15 is 0 Å². The van der Waals surface area contributed by atoms with Crippen molar-refractivity contribution in [1.82, 2.24) is 4.98 Å². The molecule has 0 unspecified atom stereocenters. The average Bonchev–Trinajstić information content (AvgIpc) is 2.38. The normalized spacial score (nSPS) is 10.1. The second-order valence-electron chi connectivity index (χ2n) is 3.88. The highest BCUT2D eigenvalue weighted by molar-refractivity contribution is 6.06. The van der Waals surface area contributed by atoms with Crippen LogP contribution in [0, 0.1) is 5.82 Å². The Morgan fingerprint density at radius 2 is 1.95 bits per heavy atom. The van der Waals surface area contributed by atoms with Crippen molar-refractivity contribution in [2.45, 2.75) is 0 Å². The maximum Gasteiger partial charge on any atom is 0.337 e. The minimum atomic E-state index is -1.30. The molecule has 2 aromatic rings. The number of amides is 1. The summed E-state index contributed by atoms with van der Waals surface area (Å²) in [6, 6.07) is 6.85. The number of carboxylic acids is 1. The van der Waals surface area contributed by atoms with Crippen molar-refractivity contribution in [2.75, 3.05) is 5.32 Å². The predicted molar refractivity (Wildman–Crippen MR) is 68.4 cm³/mol. The minimum absolute atomic E-state index is 0.0573. The van der Waals surface area contributed by atoms with E-state index in [1.807, 2.05) is 0 Å². The number of aromatic carboxylic acids is 1. The number of hydrogen-bond acceptors (Lipinski definition) is 3. The first-order chi connectivity index (χ1) is 9.47. The summed E-state index contributed by atoms with van der Waals surface area (Å²) in [5.41, 5.74) is -0.973. The molecule has 1 amide bonds.